The van der Waals surface area contributed by atoms with Crippen molar-refractivity contribution in [1.82, 2.24) is 0 Å². The van der Waals surface area contributed by atoms with Crippen LogP contribution in [-0.4, -0.2) is 5.28 Å². The Kier molecular flexibility index (Phi) is 2.40. The van der Waals surface area contributed by atoms with Gasteiger partial charge in [0.25, 0.3) is 0 Å². The zero-order chi connectivity index (χ0) is 8.54. The Bertz CT molecular complexity index is 182. The number of hydrogen-bond donors (Lipinski definition) is 3. The molecule has 0 amide bonds. The van der Waals surface area contributed by atoms with Gasteiger partial charge in [-0.05, 0) is 12.8 Å². The number of rotatable bonds is 1. The van der Waals surface area contributed by atoms with Crippen molar-refractivity contribution in [2.75, 3.05) is 0 Å². The van der Waals surface area contributed by atoms with E-state index in [2.05, 4.69) is 0 Å². The molecule has 0 atom stereocenters. The Balaban J connectivity index is 2.72. The van der Waals surface area contributed by atoms with E-state index in [0.29, 0.717) is 12.8 Å². The van der Waals surface area contributed by atoms with E-state index >= 15 is 0 Å². The predicted octanol–water partition coefficient (Wildman–Crippen LogP) is 0.716. The second-order valence-electron chi connectivity index (χ2n) is 3.37. The third-order valence-corrected chi connectivity index (χ3v) is 4.25. The maximum Gasteiger partial charge on any atom is 0.225 e. The molecule has 0 aromatic heterocycles. The number of hydrogen-bond acceptors (Lipinski definition) is 2. The van der Waals surface area contributed by atoms with Gasteiger partial charge in [-0.25, -0.2) is 0 Å². The van der Waals surface area contributed by atoms with Gasteiger partial charge in [0, 0.05) is 0 Å². The van der Waals surface area contributed by atoms with Crippen LogP contribution in [0.15, 0.2) is 0 Å². The summed E-state index contributed by atoms with van der Waals surface area (Å²) in [7, 11) is -3.08. The average molecular weight is 177 g/mol. The van der Waals surface area contributed by atoms with Crippen LogP contribution in [0.3, 0.4) is 0 Å². The van der Waals surface area contributed by atoms with Crippen LogP contribution in [0.1, 0.15) is 32.1 Å². The molecule has 0 aliphatic heterocycles. The molecule has 0 unspecified atom stereocenters. The zero-order valence-corrected chi connectivity index (χ0v) is 7.52. The van der Waals surface area contributed by atoms with E-state index < -0.39 is 12.7 Å². The van der Waals surface area contributed by atoms with Crippen LogP contribution in [0.5, 0.6) is 0 Å². The Morgan fingerprint density at radius 3 is 1.82 bits per heavy atom. The lowest BCUT2D eigenvalue weighted by atomic mass is 9.95. The summed E-state index contributed by atoms with van der Waals surface area (Å²) in [5.74, 6) is 0. The molecule has 4 nitrogen and oxygen atoms in total. The highest BCUT2D eigenvalue weighted by molar-refractivity contribution is 7.60. The SMILES string of the molecule is NC1(P(N)(N)=O)CCCCC1. The van der Waals surface area contributed by atoms with Gasteiger partial charge in [0.05, 0.1) is 5.28 Å². The Labute approximate surface area is 67.0 Å². The highest BCUT2D eigenvalue weighted by Gasteiger charge is 2.40. The molecular formula is C6H16N3OP. The van der Waals surface area contributed by atoms with E-state index in [1.165, 1.54) is 0 Å². The highest BCUT2D eigenvalue weighted by Crippen LogP contribution is 2.48. The smallest absolute Gasteiger partial charge is 0.225 e. The maximum absolute atomic E-state index is 11.3. The highest BCUT2D eigenvalue weighted by atomic mass is 31.2. The lowest BCUT2D eigenvalue weighted by Gasteiger charge is -2.35. The van der Waals surface area contributed by atoms with Crippen molar-refractivity contribution in [1.29, 1.82) is 0 Å². The van der Waals surface area contributed by atoms with Crippen LogP contribution in [0, 0.1) is 0 Å². The van der Waals surface area contributed by atoms with Crippen molar-refractivity contribution in [2.24, 2.45) is 16.7 Å². The molecule has 1 fully saturated rings. The fraction of sp³-hybridized carbons (Fsp3) is 1.00. The predicted molar refractivity (Wildman–Crippen MR) is 46.0 cm³/mol. The molecule has 0 aromatic carbocycles. The summed E-state index contributed by atoms with van der Waals surface area (Å²) in [6.07, 6.45) is 4.55. The van der Waals surface area contributed by atoms with Crippen molar-refractivity contribution < 1.29 is 4.57 Å². The molecule has 1 rings (SSSR count). The third kappa shape index (κ3) is 1.82. The maximum atomic E-state index is 11.3. The van der Waals surface area contributed by atoms with Crippen molar-refractivity contribution >= 4 is 7.44 Å². The standard InChI is InChI=1S/C6H16N3OP/c7-6(11(8,9)10)4-2-1-3-5-6/h1-5,7H2,(H4,8,9,10). The van der Waals surface area contributed by atoms with Crippen LogP contribution in [0.25, 0.3) is 0 Å². The minimum absolute atomic E-state index is 0.706. The monoisotopic (exact) mass is 177 g/mol. The Morgan fingerprint density at radius 1 is 1.09 bits per heavy atom. The molecule has 1 saturated carbocycles. The second kappa shape index (κ2) is 2.87. The first-order chi connectivity index (χ1) is 4.96. The molecule has 0 saturated heterocycles. The summed E-state index contributed by atoms with van der Waals surface area (Å²) in [6, 6.07) is 0. The van der Waals surface area contributed by atoms with Crippen LogP contribution in [-0.2, 0) is 4.57 Å². The van der Waals surface area contributed by atoms with Crippen molar-refractivity contribution in [3.8, 4) is 0 Å². The molecule has 1 aliphatic rings. The van der Waals surface area contributed by atoms with E-state index in [1.807, 2.05) is 0 Å². The molecular weight excluding hydrogens is 161 g/mol. The molecule has 11 heavy (non-hydrogen) atoms. The molecule has 0 radical (unpaired) electrons. The van der Waals surface area contributed by atoms with Gasteiger partial charge in [-0.15, -0.1) is 0 Å². The summed E-state index contributed by atoms with van der Waals surface area (Å²) in [6.45, 7) is 0. The summed E-state index contributed by atoms with van der Waals surface area (Å²) < 4.78 is 11.3. The summed E-state index contributed by atoms with van der Waals surface area (Å²) in [4.78, 5) is 0. The lowest BCUT2D eigenvalue weighted by Crippen LogP contribution is -2.46. The van der Waals surface area contributed by atoms with Gasteiger partial charge in [-0.1, -0.05) is 19.3 Å². The molecule has 0 heterocycles. The van der Waals surface area contributed by atoms with Gasteiger partial charge in [0.15, 0.2) is 0 Å². The zero-order valence-electron chi connectivity index (χ0n) is 6.62. The van der Waals surface area contributed by atoms with Gasteiger partial charge >= 0.3 is 0 Å². The fourth-order valence-corrected chi connectivity index (χ4v) is 2.53. The van der Waals surface area contributed by atoms with Crippen molar-refractivity contribution in [3.05, 3.63) is 0 Å². The molecule has 66 valence electrons. The second-order valence-corrected chi connectivity index (χ2v) is 5.68. The van der Waals surface area contributed by atoms with Crippen LogP contribution < -0.4 is 16.7 Å². The lowest BCUT2D eigenvalue weighted by molar-refractivity contribution is 0.379. The first-order valence-corrected chi connectivity index (χ1v) is 5.76. The molecule has 5 heteroatoms. The minimum Gasteiger partial charge on any atom is -0.317 e. The third-order valence-electron chi connectivity index (χ3n) is 2.42. The first-order valence-electron chi connectivity index (χ1n) is 3.92. The van der Waals surface area contributed by atoms with Gasteiger partial charge < -0.3 is 5.73 Å². The fourth-order valence-electron chi connectivity index (χ4n) is 1.51. The average Bonchev–Trinajstić information content (AvgIpc) is 1.87. The van der Waals surface area contributed by atoms with Crippen molar-refractivity contribution in [3.63, 3.8) is 0 Å². The van der Waals surface area contributed by atoms with E-state index in [0.717, 1.165) is 19.3 Å². The van der Waals surface area contributed by atoms with E-state index in [-0.39, 0.29) is 0 Å². The van der Waals surface area contributed by atoms with Crippen LogP contribution >= 0.6 is 7.44 Å². The molecule has 0 spiro atoms. The minimum atomic E-state index is -3.08. The summed E-state index contributed by atoms with van der Waals surface area (Å²) in [5.41, 5.74) is 16.5. The Morgan fingerprint density at radius 2 is 1.55 bits per heavy atom. The molecule has 0 bridgehead atoms. The van der Waals surface area contributed by atoms with Gasteiger partial charge in [0.2, 0.25) is 7.44 Å². The first kappa shape index (κ1) is 9.20. The topological polar surface area (TPSA) is 95.1 Å². The summed E-state index contributed by atoms with van der Waals surface area (Å²) >= 11 is 0. The Hall–Kier alpha value is 0.110. The molecule has 6 N–H and O–H groups in total. The van der Waals surface area contributed by atoms with Crippen molar-refractivity contribution in [2.45, 2.75) is 37.4 Å². The largest absolute Gasteiger partial charge is 0.317 e. The number of nitrogens with two attached hydrogens (primary N) is 3. The molecule has 1 aliphatic carbocycles. The van der Waals surface area contributed by atoms with E-state index in [1.54, 1.807) is 0 Å². The van der Waals surface area contributed by atoms with Gasteiger partial charge in [-0.3, -0.25) is 15.6 Å². The van der Waals surface area contributed by atoms with Gasteiger partial charge in [0.1, 0.15) is 0 Å². The quantitative estimate of drug-likeness (QED) is 0.514. The van der Waals surface area contributed by atoms with Gasteiger partial charge in [-0.2, -0.15) is 0 Å². The van der Waals surface area contributed by atoms with Crippen LogP contribution in [0.4, 0.5) is 0 Å². The van der Waals surface area contributed by atoms with E-state index in [9.17, 15) is 4.57 Å². The van der Waals surface area contributed by atoms with E-state index in [4.69, 9.17) is 16.7 Å². The molecule has 0 aromatic rings. The summed E-state index contributed by atoms with van der Waals surface area (Å²) in [5, 5.41) is -0.773. The van der Waals surface area contributed by atoms with Crippen LogP contribution in [0.2, 0.25) is 0 Å². The normalized spacial score (nSPS) is 25.0.